The lowest BCUT2D eigenvalue weighted by atomic mass is 9.79. The third kappa shape index (κ3) is 6.41. The van der Waals surface area contributed by atoms with Crippen molar-refractivity contribution in [2.75, 3.05) is 18.6 Å². The van der Waals surface area contributed by atoms with Gasteiger partial charge in [-0.05, 0) is 37.6 Å². The summed E-state index contributed by atoms with van der Waals surface area (Å²) in [4.78, 5) is 0. The Morgan fingerprint density at radius 1 is 1.29 bits per heavy atom. The van der Waals surface area contributed by atoms with E-state index in [0.29, 0.717) is 11.8 Å². The van der Waals surface area contributed by atoms with Crippen molar-refractivity contribution in [1.82, 2.24) is 5.32 Å². The van der Waals surface area contributed by atoms with Gasteiger partial charge in [0.1, 0.15) is 9.84 Å². The van der Waals surface area contributed by atoms with Crippen LogP contribution in [-0.4, -0.2) is 33.0 Å². The number of rotatable bonds is 6. The normalized spacial score (nSPS) is 26.4. The predicted octanol–water partition coefficient (Wildman–Crippen LogP) is 2.23. The van der Waals surface area contributed by atoms with E-state index in [1.165, 1.54) is 31.9 Å². The van der Waals surface area contributed by atoms with Crippen LogP contribution < -0.4 is 5.32 Å². The van der Waals surface area contributed by atoms with Crippen LogP contribution >= 0.6 is 0 Å². The van der Waals surface area contributed by atoms with Crippen LogP contribution in [0.4, 0.5) is 0 Å². The molecule has 2 atom stereocenters. The van der Waals surface area contributed by atoms with Gasteiger partial charge in [0.25, 0.3) is 0 Å². The molecular formula is C13H27NO2S. The van der Waals surface area contributed by atoms with Gasteiger partial charge in [-0.1, -0.05) is 26.7 Å². The van der Waals surface area contributed by atoms with Gasteiger partial charge in [0.05, 0.1) is 5.75 Å². The topological polar surface area (TPSA) is 46.2 Å². The Labute approximate surface area is 106 Å². The van der Waals surface area contributed by atoms with Crippen molar-refractivity contribution in [1.29, 1.82) is 0 Å². The standard InChI is InChI=1S/C13H27NO2S/c1-11(2)12-6-4-7-13(10-12)14-8-5-9-17(3,15)16/h11-14H,4-10H2,1-3H3. The summed E-state index contributed by atoms with van der Waals surface area (Å²) in [5.74, 6) is 1.92. The Morgan fingerprint density at radius 3 is 2.59 bits per heavy atom. The Balaban J connectivity index is 2.19. The number of hydrogen-bond donors (Lipinski definition) is 1. The van der Waals surface area contributed by atoms with Crippen LogP contribution in [0.3, 0.4) is 0 Å². The summed E-state index contributed by atoms with van der Waals surface area (Å²) in [6.07, 6.45) is 7.23. The molecule has 102 valence electrons. The monoisotopic (exact) mass is 261 g/mol. The Bertz CT molecular complexity index is 311. The molecular weight excluding hydrogens is 234 g/mol. The van der Waals surface area contributed by atoms with E-state index in [9.17, 15) is 8.42 Å². The summed E-state index contributed by atoms with van der Waals surface area (Å²) in [6, 6.07) is 0.607. The van der Waals surface area contributed by atoms with Crippen LogP contribution in [0.15, 0.2) is 0 Å². The molecule has 3 nitrogen and oxygen atoms in total. The number of hydrogen-bond acceptors (Lipinski definition) is 3. The summed E-state index contributed by atoms with van der Waals surface area (Å²) in [5, 5.41) is 3.51. The highest BCUT2D eigenvalue weighted by Crippen LogP contribution is 2.29. The van der Waals surface area contributed by atoms with Crippen molar-refractivity contribution in [2.24, 2.45) is 11.8 Å². The molecule has 0 aromatic carbocycles. The van der Waals surface area contributed by atoms with Crippen LogP contribution in [0.5, 0.6) is 0 Å². The summed E-state index contributed by atoms with van der Waals surface area (Å²) in [5.41, 5.74) is 0. The second kappa shape index (κ2) is 6.74. The first kappa shape index (κ1) is 15.0. The molecule has 0 spiro atoms. The van der Waals surface area contributed by atoms with Crippen LogP contribution in [0.25, 0.3) is 0 Å². The molecule has 2 unspecified atom stereocenters. The van der Waals surface area contributed by atoms with E-state index >= 15 is 0 Å². The Kier molecular flexibility index (Phi) is 5.93. The second-order valence-electron chi connectivity index (χ2n) is 5.81. The zero-order chi connectivity index (χ0) is 12.9. The Hall–Kier alpha value is -0.0900. The van der Waals surface area contributed by atoms with Gasteiger partial charge >= 0.3 is 0 Å². The average Bonchev–Trinajstić information content (AvgIpc) is 2.23. The van der Waals surface area contributed by atoms with Crippen molar-refractivity contribution in [2.45, 2.75) is 52.0 Å². The molecule has 1 saturated carbocycles. The molecule has 1 fully saturated rings. The lowest BCUT2D eigenvalue weighted by Gasteiger charge is -2.32. The summed E-state index contributed by atoms with van der Waals surface area (Å²) >= 11 is 0. The Morgan fingerprint density at radius 2 is 2.00 bits per heavy atom. The van der Waals surface area contributed by atoms with Crippen LogP contribution in [0.2, 0.25) is 0 Å². The summed E-state index contributed by atoms with van der Waals surface area (Å²) in [7, 11) is -2.79. The SMILES string of the molecule is CC(C)C1CCCC(NCCCS(C)(=O)=O)C1. The number of sulfone groups is 1. The fraction of sp³-hybridized carbons (Fsp3) is 1.00. The molecule has 0 bridgehead atoms. The highest BCUT2D eigenvalue weighted by Gasteiger charge is 2.23. The van der Waals surface area contributed by atoms with Crippen molar-refractivity contribution < 1.29 is 8.42 Å². The minimum Gasteiger partial charge on any atom is -0.314 e. The fourth-order valence-electron chi connectivity index (χ4n) is 2.66. The van der Waals surface area contributed by atoms with E-state index < -0.39 is 9.84 Å². The van der Waals surface area contributed by atoms with Gasteiger partial charge in [0, 0.05) is 12.3 Å². The summed E-state index contributed by atoms with van der Waals surface area (Å²) in [6.45, 7) is 5.44. The van der Waals surface area contributed by atoms with Gasteiger partial charge in [0.2, 0.25) is 0 Å². The van der Waals surface area contributed by atoms with Gasteiger partial charge in [-0.2, -0.15) is 0 Å². The van der Waals surface area contributed by atoms with Crippen molar-refractivity contribution in [3.63, 3.8) is 0 Å². The highest BCUT2D eigenvalue weighted by atomic mass is 32.2. The summed E-state index contributed by atoms with van der Waals surface area (Å²) < 4.78 is 22.0. The molecule has 0 saturated heterocycles. The lowest BCUT2D eigenvalue weighted by molar-refractivity contribution is 0.232. The zero-order valence-electron chi connectivity index (χ0n) is 11.4. The fourth-order valence-corrected chi connectivity index (χ4v) is 3.33. The van der Waals surface area contributed by atoms with Gasteiger partial charge in [-0.15, -0.1) is 0 Å². The maximum atomic E-state index is 11.0. The molecule has 17 heavy (non-hydrogen) atoms. The highest BCUT2D eigenvalue weighted by molar-refractivity contribution is 7.90. The minimum atomic E-state index is -2.79. The molecule has 1 rings (SSSR count). The van der Waals surface area contributed by atoms with E-state index in [0.717, 1.165) is 24.8 Å². The molecule has 1 N–H and O–H groups in total. The van der Waals surface area contributed by atoms with E-state index in [1.807, 2.05) is 0 Å². The third-order valence-corrected chi connectivity index (χ3v) is 4.81. The van der Waals surface area contributed by atoms with Gasteiger partial charge in [-0.25, -0.2) is 8.42 Å². The van der Waals surface area contributed by atoms with E-state index in [-0.39, 0.29) is 0 Å². The second-order valence-corrected chi connectivity index (χ2v) is 8.06. The molecule has 0 aromatic rings. The minimum absolute atomic E-state index is 0.306. The van der Waals surface area contributed by atoms with E-state index in [2.05, 4.69) is 19.2 Å². The molecule has 1 aliphatic carbocycles. The zero-order valence-corrected chi connectivity index (χ0v) is 12.2. The maximum Gasteiger partial charge on any atom is 0.147 e. The largest absolute Gasteiger partial charge is 0.314 e. The molecule has 0 amide bonds. The van der Waals surface area contributed by atoms with Crippen molar-refractivity contribution in [3.8, 4) is 0 Å². The smallest absolute Gasteiger partial charge is 0.147 e. The average molecular weight is 261 g/mol. The van der Waals surface area contributed by atoms with Gasteiger partial charge in [0.15, 0.2) is 0 Å². The molecule has 1 aliphatic rings. The predicted molar refractivity (Wildman–Crippen MR) is 72.9 cm³/mol. The molecule has 0 aromatic heterocycles. The van der Waals surface area contributed by atoms with Gasteiger partial charge < -0.3 is 5.32 Å². The third-order valence-electron chi connectivity index (χ3n) is 3.78. The van der Waals surface area contributed by atoms with Gasteiger partial charge in [-0.3, -0.25) is 0 Å². The van der Waals surface area contributed by atoms with Crippen LogP contribution in [0.1, 0.15) is 46.0 Å². The van der Waals surface area contributed by atoms with Crippen LogP contribution in [-0.2, 0) is 9.84 Å². The first-order valence-corrected chi connectivity index (χ1v) is 8.85. The maximum absolute atomic E-state index is 11.0. The van der Waals surface area contributed by atoms with E-state index in [4.69, 9.17) is 0 Å². The lowest BCUT2D eigenvalue weighted by Crippen LogP contribution is -2.36. The molecule has 0 aliphatic heterocycles. The molecule has 0 radical (unpaired) electrons. The van der Waals surface area contributed by atoms with Crippen molar-refractivity contribution in [3.05, 3.63) is 0 Å². The number of nitrogens with one attached hydrogen (secondary N) is 1. The first-order chi connectivity index (χ1) is 7.88. The molecule has 0 heterocycles. The molecule has 4 heteroatoms. The van der Waals surface area contributed by atoms with Crippen LogP contribution in [0, 0.1) is 11.8 Å². The first-order valence-electron chi connectivity index (χ1n) is 6.79. The van der Waals surface area contributed by atoms with Crippen molar-refractivity contribution >= 4 is 9.84 Å². The quantitative estimate of drug-likeness (QED) is 0.746. The van der Waals surface area contributed by atoms with E-state index in [1.54, 1.807) is 0 Å².